The molecule has 0 fully saturated rings. The van der Waals surface area contributed by atoms with Crippen molar-refractivity contribution >= 4 is 11.5 Å². The third-order valence-electron chi connectivity index (χ3n) is 3.06. The van der Waals surface area contributed by atoms with Crippen molar-refractivity contribution in [3.05, 3.63) is 59.9 Å². The first kappa shape index (κ1) is 13.1. The molecule has 98 valence electrons. The number of benzene rings is 1. The lowest BCUT2D eigenvalue weighted by molar-refractivity contribution is 0.872. The highest BCUT2D eigenvalue weighted by molar-refractivity contribution is 5.95. The van der Waals surface area contributed by atoms with Gasteiger partial charge >= 0.3 is 0 Å². The minimum absolute atomic E-state index is 0.0995. The van der Waals surface area contributed by atoms with Crippen LogP contribution in [-0.2, 0) is 6.42 Å². The van der Waals surface area contributed by atoms with Crippen LogP contribution in [0.15, 0.2) is 48.8 Å². The van der Waals surface area contributed by atoms with E-state index in [1.54, 1.807) is 6.20 Å². The van der Waals surface area contributed by atoms with E-state index in [0.717, 1.165) is 24.2 Å². The van der Waals surface area contributed by atoms with Crippen molar-refractivity contribution < 1.29 is 0 Å². The van der Waals surface area contributed by atoms with Crippen LogP contribution in [0.1, 0.15) is 11.1 Å². The molecule has 1 aromatic heterocycles. The Morgan fingerprint density at radius 1 is 1.32 bits per heavy atom. The zero-order valence-corrected chi connectivity index (χ0v) is 11.0. The number of pyridine rings is 1. The summed E-state index contributed by atoms with van der Waals surface area (Å²) in [5, 5.41) is 7.46. The molecule has 0 atom stereocenters. The van der Waals surface area contributed by atoms with Crippen LogP contribution in [0.25, 0.3) is 0 Å². The molecule has 0 saturated carbocycles. The van der Waals surface area contributed by atoms with Crippen LogP contribution in [0, 0.1) is 5.41 Å². The fourth-order valence-corrected chi connectivity index (χ4v) is 1.88. The van der Waals surface area contributed by atoms with Crippen molar-refractivity contribution in [1.29, 1.82) is 5.41 Å². The quantitative estimate of drug-likeness (QED) is 0.634. The first-order valence-electron chi connectivity index (χ1n) is 6.21. The molecule has 0 aliphatic rings. The Morgan fingerprint density at radius 3 is 2.84 bits per heavy atom. The predicted octanol–water partition coefficient (Wildman–Crippen LogP) is 2.04. The zero-order valence-electron chi connectivity index (χ0n) is 11.0. The zero-order chi connectivity index (χ0) is 13.7. The van der Waals surface area contributed by atoms with Gasteiger partial charge in [-0.3, -0.25) is 10.4 Å². The lowest BCUT2D eigenvalue weighted by Crippen LogP contribution is -2.21. The van der Waals surface area contributed by atoms with Gasteiger partial charge < -0.3 is 10.6 Å². The topological polar surface area (TPSA) is 66.0 Å². The smallest absolute Gasteiger partial charge is 0.122 e. The van der Waals surface area contributed by atoms with Crippen molar-refractivity contribution in [2.45, 2.75) is 6.42 Å². The van der Waals surface area contributed by atoms with Crippen LogP contribution in [0.3, 0.4) is 0 Å². The third-order valence-corrected chi connectivity index (χ3v) is 3.06. The number of nitrogens with one attached hydrogen (secondary N) is 1. The van der Waals surface area contributed by atoms with E-state index in [1.807, 2.05) is 43.6 Å². The minimum Gasteiger partial charge on any atom is -0.384 e. The molecule has 19 heavy (non-hydrogen) atoms. The Labute approximate surface area is 113 Å². The van der Waals surface area contributed by atoms with Crippen LogP contribution in [0.5, 0.6) is 0 Å². The Kier molecular flexibility index (Phi) is 4.13. The molecule has 0 spiro atoms. The van der Waals surface area contributed by atoms with Crippen molar-refractivity contribution in [1.82, 2.24) is 4.98 Å². The molecule has 0 aliphatic heterocycles. The van der Waals surface area contributed by atoms with E-state index in [9.17, 15) is 0 Å². The Bertz CT molecular complexity index is 551. The molecule has 3 N–H and O–H groups in total. The predicted molar refractivity (Wildman–Crippen MR) is 78.7 cm³/mol. The number of hydrogen-bond donors (Lipinski definition) is 2. The minimum atomic E-state index is 0.0995. The third kappa shape index (κ3) is 3.55. The number of nitrogens with zero attached hydrogens (tertiary/aromatic N) is 2. The highest BCUT2D eigenvalue weighted by atomic mass is 15.1. The van der Waals surface area contributed by atoms with E-state index in [1.165, 1.54) is 5.56 Å². The molecule has 2 aromatic rings. The van der Waals surface area contributed by atoms with Gasteiger partial charge in [0.2, 0.25) is 0 Å². The summed E-state index contributed by atoms with van der Waals surface area (Å²) < 4.78 is 0. The van der Waals surface area contributed by atoms with Crippen LogP contribution in [-0.4, -0.2) is 24.4 Å². The number of anilines is 1. The van der Waals surface area contributed by atoms with Crippen molar-refractivity contribution in [3.8, 4) is 0 Å². The lowest BCUT2D eigenvalue weighted by Gasteiger charge is -2.19. The van der Waals surface area contributed by atoms with Gasteiger partial charge in [0.1, 0.15) is 5.84 Å². The van der Waals surface area contributed by atoms with E-state index < -0.39 is 0 Å². The van der Waals surface area contributed by atoms with Crippen LogP contribution < -0.4 is 10.6 Å². The molecular formula is C15H18N4. The fraction of sp³-hybridized carbons (Fsp3) is 0.200. The van der Waals surface area contributed by atoms with Gasteiger partial charge in [0.05, 0.1) is 0 Å². The molecule has 0 unspecified atom stereocenters. The molecule has 0 aliphatic carbocycles. The number of nitrogen functional groups attached to an aromatic ring is 1. The summed E-state index contributed by atoms with van der Waals surface area (Å²) in [7, 11) is 2.04. The van der Waals surface area contributed by atoms with Gasteiger partial charge in [-0.05, 0) is 30.2 Å². The maximum absolute atomic E-state index is 7.46. The number of likely N-dealkylation sites (N-methyl/N-ethyl adjacent to an activating group) is 1. The monoisotopic (exact) mass is 254 g/mol. The fourth-order valence-electron chi connectivity index (χ4n) is 1.88. The summed E-state index contributed by atoms with van der Waals surface area (Å²) in [5.41, 5.74) is 8.55. The molecule has 1 heterocycles. The van der Waals surface area contributed by atoms with Gasteiger partial charge in [-0.15, -0.1) is 0 Å². The maximum atomic E-state index is 7.46. The molecular weight excluding hydrogens is 236 g/mol. The second-order valence-corrected chi connectivity index (χ2v) is 4.50. The maximum Gasteiger partial charge on any atom is 0.122 e. The first-order chi connectivity index (χ1) is 9.16. The molecule has 4 nitrogen and oxygen atoms in total. The summed E-state index contributed by atoms with van der Waals surface area (Å²) in [6.07, 6.45) is 4.61. The van der Waals surface area contributed by atoms with Gasteiger partial charge in [0.25, 0.3) is 0 Å². The van der Waals surface area contributed by atoms with E-state index in [4.69, 9.17) is 11.1 Å². The summed E-state index contributed by atoms with van der Waals surface area (Å²) in [6.45, 7) is 0.896. The number of hydrogen-bond acceptors (Lipinski definition) is 3. The van der Waals surface area contributed by atoms with Gasteiger partial charge in [-0.25, -0.2) is 0 Å². The van der Waals surface area contributed by atoms with E-state index in [2.05, 4.69) is 16.0 Å². The summed E-state index contributed by atoms with van der Waals surface area (Å²) in [6, 6.07) is 11.8. The summed E-state index contributed by atoms with van der Waals surface area (Å²) in [5.74, 6) is 0.0995. The molecule has 0 amide bonds. The standard InChI is InChI=1S/C15H18N4/c1-19(9-7-12-4-3-8-18-11-12)14-6-2-5-13(10-14)15(16)17/h2-6,8,10-11H,7,9H2,1H3,(H3,16,17). The normalized spacial score (nSPS) is 10.2. The van der Waals surface area contributed by atoms with Gasteiger partial charge in [0.15, 0.2) is 0 Å². The number of amidine groups is 1. The molecule has 1 aromatic carbocycles. The number of nitrogens with two attached hydrogens (primary N) is 1. The molecule has 2 rings (SSSR count). The lowest BCUT2D eigenvalue weighted by atomic mass is 10.1. The summed E-state index contributed by atoms with van der Waals surface area (Å²) >= 11 is 0. The van der Waals surface area contributed by atoms with E-state index in [-0.39, 0.29) is 5.84 Å². The van der Waals surface area contributed by atoms with E-state index in [0.29, 0.717) is 0 Å². The second kappa shape index (κ2) is 6.00. The Morgan fingerprint density at radius 2 is 2.16 bits per heavy atom. The van der Waals surface area contributed by atoms with Crippen LogP contribution in [0.4, 0.5) is 5.69 Å². The van der Waals surface area contributed by atoms with Crippen molar-refractivity contribution in [2.75, 3.05) is 18.5 Å². The van der Waals surface area contributed by atoms with Gasteiger partial charge in [0, 0.05) is 37.2 Å². The molecule has 0 bridgehead atoms. The highest BCUT2D eigenvalue weighted by Gasteiger charge is 2.04. The van der Waals surface area contributed by atoms with Crippen molar-refractivity contribution in [2.24, 2.45) is 5.73 Å². The second-order valence-electron chi connectivity index (χ2n) is 4.50. The average molecular weight is 254 g/mol. The van der Waals surface area contributed by atoms with Crippen LogP contribution in [0.2, 0.25) is 0 Å². The van der Waals surface area contributed by atoms with Gasteiger partial charge in [-0.1, -0.05) is 18.2 Å². The SMILES string of the molecule is CN(CCc1cccnc1)c1cccc(C(=N)N)c1. The van der Waals surface area contributed by atoms with Gasteiger partial charge in [-0.2, -0.15) is 0 Å². The number of aromatic nitrogens is 1. The molecule has 0 radical (unpaired) electrons. The van der Waals surface area contributed by atoms with E-state index >= 15 is 0 Å². The Balaban J connectivity index is 2.02. The Hall–Kier alpha value is -2.36. The van der Waals surface area contributed by atoms with Crippen molar-refractivity contribution in [3.63, 3.8) is 0 Å². The molecule has 0 saturated heterocycles. The first-order valence-corrected chi connectivity index (χ1v) is 6.21. The largest absolute Gasteiger partial charge is 0.384 e. The average Bonchev–Trinajstić information content (AvgIpc) is 2.46. The highest BCUT2D eigenvalue weighted by Crippen LogP contribution is 2.15. The summed E-state index contributed by atoms with van der Waals surface area (Å²) in [4.78, 5) is 6.26. The van der Waals surface area contributed by atoms with Crippen LogP contribution >= 0.6 is 0 Å². The number of rotatable bonds is 5. The molecule has 4 heteroatoms.